The normalized spacial score (nSPS) is 18.4. The number of Topliss-reactive ketones (excluding diaryl/α,β-unsaturated/α-hetero) is 1. The highest BCUT2D eigenvalue weighted by molar-refractivity contribution is 9.10. The molecule has 1 atom stereocenters. The number of phenols is 1. The summed E-state index contributed by atoms with van der Waals surface area (Å²) in [7, 11) is 2.43. The van der Waals surface area contributed by atoms with Crippen molar-refractivity contribution in [2.45, 2.75) is 19.9 Å². The zero-order valence-electron chi connectivity index (χ0n) is 16.1. The molecule has 2 heterocycles. The van der Waals surface area contributed by atoms with Gasteiger partial charge in [-0.1, -0.05) is 17.8 Å². The van der Waals surface area contributed by atoms with E-state index >= 15 is 0 Å². The molecule has 152 valence electrons. The summed E-state index contributed by atoms with van der Waals surface area (Å²) in [5, 5.41) is 10.8. The van der Waals surface area contributed by atoms with E-state index in [2.05, 4.69) is 15.9 Å². The molecule has 0 amide bonds. The summed E-state index contributed by atoms with van der Waals surface area (Å²) in [4.78, 5) is 40.8. The molecule has 7 nitrogen and oxygen atoms in total. The van der Waals surface area contributed by atoms with Crippen molar-refractivity contribution in [3.05, 3.63) is 61.1 Å². The van der Waals surface area contributed by atoms with Crippen molar-refractivity contribution in [2.75, 3.05) is 14.2 Å². The Kier molecular flexibility index (Phi) is 5.90. The molecule has 2 aliphatic heterocycles. The molecule has 1 aromatic rings. The number of benzene rings is 1. The molecule has 0 aromatic heterocycles. The van der Waals surface area contributed by atoms with Crippen LogP contribution in [0.15, 0.2) is 55.5 Å². The molecular formula is C20H18BrNO6S. The van der Waals surface area contributed by atoms with E-state index in [1.54, 1.807) is 24.0 Å². The van der Waals surface area contributed by atoms with Gasteiger partial charge in [-0.15, -0.1) is 0 Å². The van der Waals surface area contributed by atoms with Crippen LogP contribution >= 0.6 is 27.7 Å². The molecule has 29 heavy (non-hydrogen) atoms. The van der Waals surface area contributed by atoms with Crippen molar-refractivity contribution in [3.8, 4) is 5.75 Å². The number of nitrogens with zero attached hydrogens (tertiary/aromatic N) is 1. The number of carbonyl (C=O) groups is 3. The average Bonchev–Trinajstić information content (AvgIpc) is 3.01. The molecule has 0 spiro atoms. The predicted molar refractivity (Wildman–Crippen MR) is 111 cm³/mol. The number of ether oxygens (including phenoxy) is 2. The maximum Gasteiger partial charge on any atom is 0.336 e. The van der Waals surface area contributed by atoms with Gasteiger partial charge in [0, 0.05) is 10.6 Å². The summed E-state index contributed by atoms with van der Waals surface area (Å²) >= 11 is 4.52. The first-order valence-electron chi connectivity index (χ1n) is 8.51. The Labute approximate surface area is 180 Å². The van der Waals surface area contributed by atoms with Crippen LogP contribution in [0.4, 0.5) is 0 Å². The lowest BCUT2D eigenvalue weighted by atomic mass is 9.93. The number of allylic oxidation sites excluding steroid dienone is 4. The van der Waals surface area contributed by atoms with Crippen LogP contribution in [0.25, 0.3) is 0 Å². The number of thioether (sulfide) groups is 1. The van der Waals surface area contributed by atoms with E-state index < -0.39 is 23.8 Å². The van der Waals surface area contributed by atoms with E-state index in [0.29, 0.717) is 9.50 Å². The molecule has 0 radical (unpaired) electrons. The van der Waals surface area contributed by atoms with E-state index in [9.17, 15) is 19.5 Å². The first kappa shape index (κ1) is 21.2. The molecule has 9 heteroatoms. The van der Waals surface area contributed by atoms with Gasteiger partial charge in [0.2, 0.25) is 0 Å². The SMILES string of the molecule is COC(=O)C1=CC(C(=O)c2cccc(Br)c2O)=C2SC(C)=C(C)N2C1C(=O)OC. The van der Waals surface area contributed by atoms with Crippen LogP contribution in [0.2, 0.25) is 0 Å². The van der Waals surface area contributed by atoms with Crippen molar-refractivity contribution in [1.29, 1.82) is 0 Å². The largest absolute Gasteiger partial charge is 0.506 e. The monoisotopic (exact) mass is 479 g/mol. The van der Waals surface area contributed by atoms with Gasteiger partial charge >= 0.3 is 11.9 Å². The van der Waals surface area contributed by atoms with Crippen molar-refractivity contribution < 1.29 is 29.0 Å². The van der Waals surface area contributed by atoms with E-state index in [-0.39, 0.29) is 22.5 Å². The second-order valence-corrected chi connectivity index (χ2v) is 8.37. The van der Waals surface area contributed by atoms with Gasteiger partial charge in [-0.25, -0.2) is 9.59 Å². The number of hydrogen-bond donors (Lipinski definition) is 1. The summed E-state index contributed by atoms with van der Waals surface area (Å²) in [5.41, 5.74) is 0.955. The molecule has 0 fully saturated rings. The fraction of sp³-hybridized carbons (Fsp3) is 0.250. The van der Waals surface area contributed by atoms with Gasteiger partial charge in [0.15, 0.2) is 11.8 Å². The number of fused-ring (bicyclic) bond motifs is 1. The number of para-hydroxylation sites is 1. The Bertz CT molecular complexity index is 1030. The van der Waals surface area contributed by atoms with Crippen LogP contribution in [0, 0.1) is 0 Å². The van der Waals surface area contributed by atoms with E-state index in [1.165, 1.54) is 38.1 Å². The summed E-state index contributed by atoms with van der Waals surface area (Å²) in [6.07, 6.45) is 1.35. The molecule has 1 N–H and O–H groups in total. The van der Waals surface area contributed by atoms with Gasteiger partial charge in [-0.05, 0) is 48.0 Å². The fourth-order valence-corrected chi connectivity index (χ4v) is 4.66. The third-order valence-electron chi connectivity index (χ3n) is 4.74. The number of rotatable bonds is 4. The Hall–Kier alpha value is -2.52. The van der Waals surface area contributed by atoms with Gasteiger partial charge in [-0.2, -0.15) is 0 Å². The minimum absolute atomic E-state index is 0.0180. The number of esters is 2. The smallest absolute Gasteiger partial charge is 0.336 e. The highest BCUT2D eigenvalue weighted by atomic mass is 79.9. The molecule has 0 aliphatic carbocycles. The van der Waals surface area contributed by atoms with Crippen LogP contribution in [0.3, 0.4) is 0 Å². The number of halogens is 1. The first-order valence-corrected chi connectivity index (χ1v) is 10.1. The number of hydrogen-bond acceptors (Lipinski definition) is 8. The Morgan fingerprint density at radius 3 is 2.48 bits per heavy atom. The standard InChI is InChI=1S/C20H18BrNO6S/c1-9-10(2)29-18-13(16(23)11-6-5-7-14(21)17(11)24)8-12(19(25)27-3)15(22(9)18)20(26)28-4/h5-8,15,24H,1-4H3. The van der Waals surface area contributed by atoms with Crippen LogP contribution in [-0.2, 0) is 19.1 Å². The molecule has 1 aromatic carbocycles. The Morgan fingerprint density at radius 1 is 1.17 bits per heavy atom. The highest BCUT2D eigenvalue weighted by Crippen LogP contribution is 2.48. The highest BCUT2D eigenvalue weighted by Gasteiger charge is 2.45. The minimum atomic E-state index is -1.07. The lowest BCUT2D eigenvalue weighted by Gasteiger charge is -2.34. The predicted octanol–water partition coefficient (Wildman–Crippen LogP) is 3.50. The van der Waals surface area contributed by atoms with Crippen LogP contribution in [0.1, 0.15) is 24.2 Å². The van der Waals surface area contributed by atoms with Crippen molar-refractivity contribution in [3.63, 3.8) is 0 Å². The molecule has 3 rings (SSSR count). The lowest BCUT2D eigenvalue weighted by molar-refractivity contribution is -0.147. The van der Waals surface area contributed by atoms with Gasteiger partial charge in [0.1, 0.15) is 5.75 Å². The van der Waals surface area contributed by atoms with Crippen LogP contribution in [-0.4, -0.2) is 48.0 Å². The number of methoxy groups -OCH3 is 2. The topological polar surface area (TPSA) is 93.1 Å². The van der Waals surface area contributed by atoms with Gasteiger partial charge in [-0.3, -0.25) is 4.79 Å². The van der Waals surface area contributed by atoms with Gasteiger partial charge in [0.05, 0.1) is 40.4 Å². The average molecular weight is 480 g/mol. The number of carbonyl (C=O) groups excluding carboxylic acids is 3. The first-order chi connectivity index (χ1) is 13.7. The zero-order valence-corrected chi connectivity index (χ0v) is 18.5. The quantitative estimate of drug-likeness (QED) is 0.517. The van der Waals surface area contributed by atoms with Crippen molar-refractivity contribution >= 4 is 45.4 Å². The molecule has 0 saturated carbocycles. The second kappa shape index (κ2) is 8.08. The third-order valence-corrected chi connectivity index (χ3v) is 6.60. The Balaban J connectivity index is 2.24. The van der Waals surface area contributed by atoms with Gasteiger partial charge in [0.25, 0.3) is 0 Å². The lowest BCUT2D eigenvalue weighted by Crippen LogP contribution is -2.44. The summed E-state index contributed by atoms with van der Waals surface area (Å²) in [5.74, 6) is -2.08. The van der Waals surface area contributed by atoms with E-state index in [4.69, 9.17) is 9.47 Å². The third kappa shape index (κ3) is 3.49. The van der Waals surface area contributed by atoms with Crippen LogP contribution in [0.5, 0.6) is 5.75 Å². The van der Waals surface area contributed by atoms with Crippen LogP contribution < -0.4 is 0 Å². The Morgan fingerprint density at radius 2 is 1.86 bits per heavy atom. The zero-order chi connectivity index (χ0) is 21.5. The van der Waals surface area contributed by atoms with E-state index in [1.807, 2.05) is 6.92 Å². The summed E-state index contributed by atoms with van der Waals surface area (Å²) < 4.78 is 10.1. The summed E-state index contributed by atoms with van der Waals surface area (Å²) in [6, 6.07) is 3.66. The number of aromatic hydroxyl groups is 1. The van der Waals surface area contributed by atoms with Crippen molar-refractivity contribution in [2.24, 2.45) is 0 Å². The summed E-state index contributed by atoms with van der Waals surface area (Å²) in [6.45, 7) is 3.65. The maximum atomic E-state index is 13.3. The second-order valence-electron chi connectivity index (χ2n) is 6.31. The molecule has 0 saturated heterocycles. The number of phenolic OH excluding ortho intramolecular Hbond substituents is 1. The fourth-order valence-electron chi connectivity index (χ4n) is 3.16. The molecular weight excluding hydrogens is 462 g/mol. The maximum absolute atomic E-state index is 13.3. The molecule has 2 aliphatic rings. The van der Waals surface area contributed by atoms with Gasteiger partial charge < -0.3 is 19.5 Å². The minimum Gasteiger partial charge on any atom is -0.506 e. The molecule has 1 unspecified atom stereocenters. The molecule has 0 bridgehead atoms. The van der Waals surface area contributed by atoms with Crippen molar-refractivity contribution in [1.82, 2.24) is 4.90 Å². The number of ketones is 1. The van der Waals surface area contributed by atoms with E-state index in [0.717, 1.165) is 10.6 Å².